The highest BCUT2D eigenvalue weighted by atomic mass is 79.9. The van der Waals surface area contributed by atoms with Gasteiger partial charge in [-0.1, -0.05) is 40.5 Å². The molecule has 2 nitrogen and oxygen atoms in total. The second kappa shape index (κ2) is 6.75. The second-order valence-electron chi connectivity index (χ2n) is 4.01. The molecule has 1 heterocycles. The van der Waals surface area contributed by atoms with E-state index >= 15 is 0 Å². The highest BCUT2D eigenvalue weighted by molar-refractivity contribution is 9.10. The molecule has 0 spiro atoms. The van der Waals surface area contributed by atoms with E-state index in [2.05, 4.69) is 34.2 Å². The molecule has 0 aliphatic rings. The zero-order chi connectivity index (χ0) is 13.8. The molecule has 0 aliphatic heterocycles. The largest absolute Gasteiger partial charge is 0.496 e. The van der Waals surface area contributed by atoms with Crippen LogP contribution in [0.5, 0.6) is 5.75 Å². The topological polar surface area (TPSA) is 21.3 Å². The lowest BCUT2D eigenvalue weighted by Crippen LogP contribution is -2.22. The Morgan fingerprint density at radius 1 is 1.42 bits per heavy atom. The summed E-state index contributed by atoms with van der Waals surface area (Å²) in [5.41, 5.74) is 1.09. The van der Waals surface area contributed by atoms with Crippen LogP contribution >= 0.6 is 38.9 Å². The normalized spacial score (nSPS) is 12.4. The molecule has 2 aromatic rings. The Morgan fingerprint density at radius 2 is 2.21 bits per heavy atom. The first-order valence-corrected chi connectivity index (χ1v) is 8.02. The van der Waals surface area contributed by atoms with Crippen molar-refractivity contribution in [2.24, 2.45) is 0 Å². The predicted octanol–water partition coefficient (Wildman–Crippen LogP) is 4.87. The average molecular weight is 361 g/mol. The van der Waals surface area contributed by atoms with E-state index in [1.54, 1.807) is 18.4 Å². The number of hydrogen-bond donors (Lipinski definition) is 1. The Balaban J connectivity index is 2.48. The molecular weight excluding hydrogens is 346 g/mol. The number of methoxy groups -OCH3 is 1. The summed E-state index contributed by atoms with van der Waals surface area (Å²) in [7, 11) is 1.68. The quantitative estimate of drug-likeness (QED) is 0.821. The summed E-state index contributed by atoms with van der Waals surface area (Å²) in [5.74, 6) is 0.852. The van der Waals surface area contributed by atoms with Crippen molar-refractivity contribution < 1.29 is 4.74 Å². The molecular formula is C14H15BrClNOS. The van der Waals surface area contributed by atoms with Crippen LogP contribution in [0.2, 0.25) is 5.02 Å². The molecule has 102 valence electrons. The van der Waals surface area contributed by atoms with Crippen LogP contribution in [0, 0.1) is 0 Å². The lowest BCUT2D eigenvalue weighted by molar-refractivity contribution is 0.404. The van der Waals surface area contributed by atoms with Crippen molar-refractivity contribution in [3.05, 3.63) is 49.6 Å². The molecule has 2 rings (SSSR count). The van der Waals surface area contributed by atoms with Gasteiger partial charge in [0.25, 0.3) is 0 Å². The molecule has 0 saturated carbocycles. The van der Waals surface area contributed by atoms with E-state index < -0.39 is 0 Å². The number of rotatable bonds is 5. The molecule has 1 aromatic heterocycles. The fourth-order valence-corrected chi connectivity index (χ4v) is 3.58. The van der Waals surface area contributed by atoms with Gasteiger partial charge in [0.05, 0.1) is 18.2 Å². The summed E-state index contributed by atoms with van der Waals surface area (Å²) >= 11 is 11.4. The minimum absolute atomic E-state index is 0.0561. The average Bonchev–Trinajstić information content (AvgIpc) is 2.82. The standard InChI is InChI=1S/C14H15BrClNOS/c1-3-17-13(14-11(16)6-7-19-14)10-5-4-9(15)8-12(10)18-2/h4-8,13,17H,3H2,1-2H3. The van der Waals surface area contributed by atoms with Crippen LogP contribution in [0.15, 0.2) is 34.1 Å². The number of nitrogens with one attached hydrogen (secondary N) is 1. The van der Waals surface area contributed by atoms with Crippen LogP contribution in [0.25, 0.3) is 0 Å². The molecule has 1 atom stereocenters. The SMILES string of the molecule is CCNC(c1ccc(Br)cc1OC)c1sccc1Cl. The zero-order valence-electron chi connectivity index (χ0n) is 10.7. The molecule has 19 heavy (non-hydrogen) atoms. The molecule has 5 heteroatoms. The number of benzene rings is 1. The number of thiophene rings is 1. The maximum absolute atomic E-state index is 6.27. The van der Waals surface area contributed by atoms with E-state index in [1.807, 2.05) is 23.6 Å². The van der Waals surface area contributed by atoms with Crippen LogP contribution in [-0.2, 0) is 0 Å². The smallest absolute Gasteiger partial charge is 0.125 e. The maximum atomic E-state index is 6.27. The summed E-state index contributed by atoms with van der Waals surface area (Å²) in [6, 6.07) is 8.04. The van der Waals surface area contributed by atoms with E-state index in [1.165, 1.54) is 0 Å². The highest BCUT2D eigenvalue weighted by Gasteiger charge is 2.21. The lowest BCUT2D eigenvalue weighted by atomic mass is 10.0. The van der Waals surface area contributed by atoms with E-state index in [4.69, 9.17) is 16.3 Å². The van der Waals surface area contributed by atoms with Gasteiger partial charge in [0, 0.05) is 14.9 Å². The van der Waals surface area contributed by atoms with Crippen molar-refractivity contribution >= 4 is 38.9 Å². The number of hydrogen-bond acceptors (Lipinski definition) is 3. The van der Waals surface area contributed by atoms with Crippen molar-refractivity contribution in [3.63, 3.8) is 0 Å². The van der Waals surface area contributed by atoms with Crippen molar-refractivity contribution in [2.75, 3.05) is 13.7 Å². The maximum Gasteiger partial charge on any atom is 0.125 e. The first-order chi connectivity index (χ1) is 9.17. The molecule has 0 aliphatic carbocycles. The summed E-state index contributed by atoms with van der Waals surface area (Å²) < 4.78 is 6.48. The van der Waals surface area contributed by atoms with E-state index in [0.29, 0.717) is 0 Å². The zero-order valence-corrected chi connectivity index (χ0v) is 13.9. The van der Waals surface area contributed by atoms with Gasteiger partial charge in [0.15, 0.2) is 0 Å². The van der Waals surface area contributed by atoms with Gasteiger partial charge in [-0.3, -0.25) is 0 Å². The van der Waals surface area contributed by atoms with Crippen molar-refractivity contribution in [3.8, 4) is 5.75 Å². The monoisotopic (exact) mass is 359 g/mol. The molecule has 0 bridgehead atoms. The highest BCUT2D eigenvalue weighted by Crippen LogP contribution is 2.37. The molecule has 0 fully saturated rings. The van der Waals surface area contributed by atoms with Crippen LogP contribution in [0.1, 0.15) is 23.4 Å². The van der Waals surface area contributed by atoms with Crippen LogP contribution < -0.4 is 10.1 Å². The van der Waals surface area contributed by atoms with Gasteiger partial charge in [-0.2, -0.15) is 0 Å². The second-order valence-corrected chi connectivity index (χ2v) is 6.28. The molecule has 1 aromatic carbocycles. The molecule has 0 radical (unpaired) electrons. The van der Waals surface area contributed by atoms with Crippen LogP contribution in [-0.4, -0.2) is 13.7 Å². The van der Waals surface area contributed by atoms with E-state index in [-0.39, 0.29) is 6.04 Å². The minimum atomic E-state index is 0.0561. The van der Waals surface area contributed by atoms with Gasteiger partial charge >= 0.3 is 0 Å². The first-order valence-electron chi connectivity index (χ1n) is 5.97. The van der Waals surface area contributed by atoms with Gasteiger partial charge in [0.1, 0.15) is 5.75 Å². The molecule has 0 saturated heterocycles. The van der Waals surface area contributed by atoms with Gasteiger partial charge < -0.3 is 10.1 Å². The number of halogens is 2. The van der Waals surface area contributed by atoms with Crippen molar-refractivity contribution in [1.29, 1.82) is 0 Å². The Hall–Kier alpha value is -0.550. The summed E-state index contributed by atoms with van der Waals surface area (Å²) in [6.45, 7) is 2.94. The fraction of sp³-hybridized carbons (Fsp3) is 0.286. The third-order valence-electron chi connectivity index (χ3n) is 2.82. The Kier molecular flexibility index (Phi) is 5.28. The summed E-state index contributed by atoms with van der Waals surface area (Å²) in [6.07, 6.45) is 0. The van der Waals surface area contributed by atoms with Crippen molar-refractivity contribution in [2.45, 2.75) is 13.0 Å². The summed E-state index contributed by atoms with van der Waals surface area (Å²) in [4.78, 5) is 1.11. The van der Waals surface area contributed by atoms with Gasteiger partial charge in [-0.25, -0.2) is 0 Å². The van der Waals surface area contributed by atoms with Crippen molar-refractivity contribution in [1.82, 2.24) is 5.32 Å². The van der Waals surface area contributed by atoms with E-state index in [9.17, 15) is 0 Å². The number of ether oxygens (including phenoxy) is 1. The molecule has 0 amide bonds. The third kappa shape index (κ3) is 3.31. The minimum Gasteiger partial charge on any atom is -0.496 e. The Labute approximate surface area is 130 Å². The van der Waals surface area contributed by atoms with Gasteiger partial charge in [-0.05, 0) is 30.1 Å². The van der Waals surface area contributed by atoms with Gasteiger partial charge in [-0.15, -0.1) is 11.3 Å². The third-order valence-corrected chi connectivity index (χ3v) is 4.74. The lowest BCUT2D eigenvalue weighted by Gasteiger charge is -2.20. The van der Waals surface area contributed by atoms with Crippen LogP contribution in [0.3, 0.4) is 0 Å². The van der Waals surface area contributed by atoms with E-state index in [0.717, 1.165) is 32.2 Å². The predicted molar refractivity (Wildman–Crippen MR) is 85.5 cm³/mol. The van der Waals surface area contributed by atoms with Crippen LogP contribution in [0.4, 0.5) is 0 Å². The Bertz CT molecular complexity index is 558. The van der Waals surface area contributed by atoms with Gasteiger partial charge in [0.2, 0.25) is 0 Å². The Morgan fingerprint density at radius 3 is 2.79 bits per heavy atom. The summed E-state index contributed by atoms with van der Waals surface area (Å²) in [5, 5.41) is 6.27. The molecule has 1 unspecified atom stereocenters. The first kappa shape index (κ1) is 14.9. The molecule has 1 N–H and O–H groups in total. The fourth-order valence-electron chi connectivity index (χ4n) is 1.98.